The Morgan fingerprint density at radius 3 is 2.60 bits per heavy atom. The number of hydrogen-bond acceptors (Lipinski definition) is 2. The Balaban J connectivity index is 1.55. The summed E-state index contributed by atoms with van der Waals surface area (Å²) in [7, 11) is 0. The van der Waals surface area contributed by atoms with E-state index >= 15 is 0 Å². The van der Waals surface area contributed by atoms with E-state index in [1.165, 1.54) is 51.4 Å². The van der Waals surface area contributed by atoms with Crippen LogP contribution < -0.4 is 5.32 Å². The quantitative estimate of drug-likeness (QED) is 0.861. The Labute approximate surface area is 123 Å². The summed E-state index contributed by atoms with van der Waals surface area (Å²) in [6.45, 7) is 3.02. The van der Waals surface area contributed by atoms with E-state index in [9.17, 15) is 4.79 Å². The van der Waals surface area contributed by atoms with Gasteiger partial charge < -0.3 is 10.2 Å². The fourth-order valence-electron chi connectivity index (χ4n) is 4.48. The number of carbonyl (C=O) groups is 1. The molecule has 2 atom stereocenters. The van der Waals surface area contributed by atoms with Crippen LogP contribution in [-0.4, -0.2) is 36.5 Å². The molecule has 3 heteroatoms. The van der Waals surface area contributed by atoms with Crippen LogP contribution in [0, 0.1) is 11.8 Å². The largest absolute Gasteiger partial charge is 0.339 e. The van der Waals surface area contributed by atoms with Crippen molar-refractivity contribution in [3.63, 3.8) is 0 Å². The van der Waals surface area contributed by atoms with Crippen molar-refractivity contribution < 1.29 is 4.79 Å². The van der Waals surface area contributed by atoms with Gasteiger partial charge in [-0.1, -0.05) is 32.1 Å². The Bertz CT molecular complexity index is 319. The highest BCUT2D eigenvalue weighted by Gasteiger charge is 2.34. The Hall–Kier alpha value is -0.570. The number of hydrogen-bond donors (Lipinski definition) is 1. The summed E-state index contributed by atoms with van der Waals surface area (Å²) < 4.78 is 0. The molecule has 114 valence electrons. The maximum absolute atomic E-state index is 12.7. The lowest BCUT2D eigenvalue weighted by molar-refractivity contribution is -0.137. The van der Waals surface area contributed by atoms with Crippen LogP contribution in [0.1, 0.15) is 64.2 Å². The summed E-state index contributed by atoms with van der Waals surface area (Å²) >= 11 is 0. The van der Waals surface area contributed by atoms with Crippen LogP contribution in [0.3, 0.4) is 0 Å². The van der Waals surface area contributed by atoms with Crippen LogP contribution in [0.4, 0.5) is 0 Å². The number of nitrogens with zero attached hydrogens (tertiary/aromatic N) is 1. The molecular formula is C17H30N2O. The fourth-order valence-corrected chi connectivity index (χ4v) is 4.48. The van der Waals surface area contributed by atoms with Gasteiger partial charge >= 0.3 is 0 Å². The summed E-state index contributed by atoms with van der Waals surface area (Å²) in [6.07, 6.45) is 13.1. The van der Waals surface area contributed by atoms with Crippen molar-refractivity contribution in [3.8, 4) is 0 Å². The van der Waals surface area contributed by atoms with Crippen molar-refractivity contribution in [1.29, 1.82) is 0 Å². The molecule has 20 heavy (non-hydrogen) atoms. The van der Waals surface area contributed by atoms with Crippen molar-refractivity contribution in [2.24, 2.45) is 11.8 Å². The minimum Gasteiger partial charge on any atom is -0.339 e. The molecule has 0 aromatic rings. The van der Waals surface area contributed by atoms with Gasteiger partial charge in [0.2, 0.25) is 5.91 Å². The molecule has 1 aliphatic carbocycles. The van der Waals surface area contributed by atoms with Crippen LogP contribution in [0.15, 0.2) is 0 Å². The minimum atomic E-state index is 0.260. The van der Waals surface area contributed by atoms with E-state index in [2.05, 4.69) is 10.2 Å². The predicted octanol–water partition coefficient (Wildman–Crippen LogP) is 2.95. The predicted molar refractivity (Wildman–Crippen MR) is 81.5 cm³/mol. The van der Waals surface area contributed by atoms with Gasteiger partial charge in [-0.2, -0.15) is 0 Å². The molecule has 2 saturated heterocycles. The Kier molecular flexibility index (Phi) is 4.98. The van der Waals surface area contributed by atoms with Crippen molar-refractivity contribution in [1.82, 2.24) is 10.2 Å². The zero-order valence-electron chi connectivity index (χ0n) is 12.8. The average molecular weight is 278 g/mol. The van der Waals surface area contributed by atoms with Crippen LogP contribution in [0.25, 0.3) is 0 Å². The van der Waals surface area contributed by atoms with Crippen molar-refractivity contribution in [2.45, 2.75) is 70.3 Å². The Morgan fingerprint density at radius 1 is 1.00 bits per heavy atom. The van der Waals surface area contributed by atoms with E-state index in [4.69, 9.17) is 0 Å². The van der Waals surface area contributed by atoms with Crippen LogP contribution in [0.5, 0.6) is 0 Å². The molecule has 3 aliphatic rings. The molecule has 1 amide bonds. The maximum Gasteiger partial charge on any atom is 0.227 e. The number of likely N-dealkylation sites (tertiary alicyclic amines) is 1. The highest BCUT2D eigenvalue weighted by atomic mass is 16.2. The molecule has 0 aromatic heterocycles. The van der Waals surface area contributed by atoms with Crippen LogP contribution >= 0.6 is 0 Å². The zero-order valence-corrected chi connectivity index (χ0v) is 12.8. The third-order valence-corrected chi connectivity index (χ3v) is 5.64. The van der Waals surface area contributed by atoms with Gasteiger partial charge in [0, 0.05) is 19.1 Å². The Morgan fingerprint density at radius 2 is 1.85 bits per heavy atom. The molecule has 3 fully saturated rings. The monoisotopic (exact) mass is 278 g/mol. The number of nitrogens with one attached hydrogen (secondary N) is 1. The van der Waals surface area contributed by atoms with Gasteiger partial charge in [-0.05, 0) is 44.6 Å². The minimum absolute atomic E-state index is 0.260. The number of amides is 1. The second kappa shape index (κ2) is 6.93. The summed E-state index contributed by atoms with van der Waals surface area (Å²) in [5.41, 5.74) is 0. The lowest BCUT2D eigenvalue weighted by Crippen LogP contribution is -2.45. The molecule has 2 unspecified atom stereocenters. The number of piperidine rings is 1. The third kappa shape index (κ3) is 3.36. The summed E-state index contributed by atoms with van der Waals surface area (Å²) in [6, 6.07) is 0.563. The summed E-state index contributed by atoms with van der Waals surface area (Å²) in [4.78, 5) is 15.0. The van der Waals surface area contributed by atoms with Gasteiger partial charge in [0.25, 0.3) is 0 Å². The van der Waals surface area contributed by atoms with Gasteiger partial charge in [0.15, 0.2) is 0 Å². The maximum atomic E-state index is 12.7. The van der Waals surface area contributed by atoms with E-state index in [1.54, 1.807) is 0 Å². The molecule has 0 spiro atoms. The van der Waals surface area contributed by atoms with E-state index in [-0.39, 0.29) is 5.92 Å². The molecule has 1 N–H and O–H groups in total. The average Bonchev–Trinajstić information content (AvgIpc) is 2.96. The van der Waals surface area contributed by atoms with Gasteiger partial charge in [0.1, 0.15) is 0 Å². The third-order valence-electron chi connectivity index (χ3n) is 5.64. The summed E-state index contributed by atoms with van der Waals surface area (Å²) in [5, 5.41) is 3.39. The van der Waals surface area contributed by atoms with Crippen molar-refractivity contribution in [3.05, 3.63) is 0 Å². The second-order valence-corrected chi connectivity index (χ2v) is 7.11. The van der Waals surface area contributed by atoms with Crippen LogP contribution in [-0.2, 0) is 4.79 Å². The van der Waals surface area contributed by atoms with Crippen molar-refractivity contribution >= 4 is 5.91 Å². The first-order chi connectivity index (χ1) is 9.84. The first kappa shape index (κ1) is 14.4. The van der Waals surface area contributed by atoms with Gasteiger partial charge in [-0.25, -0.2) is 0 Å². The molecule has 0 bridgehead atoms. The molecule has 3 nitrogen and oxygen atoms in total. The number of rotatable bonds is 3. The SMILES string of the molecule is O=C(C1CCCNC1)N1CCCC1CC1CCCCC1. The molecule has 0 aromatic carbocycles. The number of carbonyl (C=O) groups excluding carboxylic acids is 1. The molecular weight excluding hydrogens is 248 g/mol. The zero-order chi connectivity index (χ0) is 13.8. The standard InChI is InChI=1S/C17H30N2O/c20-17(15-8-4-10-18-13-15)19-11-5-9-16(19)12-14-6-2-1-3-7-14/h14-16,18H,1-13H2. The van der Waals surface area contributed by atoms with Gasteiger partial charge in [0.05, 0.1) is 5.92 Å². The van der Waals surface area contributed by atoms with E-state index < -0.39 is 0 Å². The van der Waals surface area contributed by atoms with Gasteiger partial charge in [-0.3, -0.25) is 4.79 Å². The lowest BCUT2D eigenvalue weighted by atomic mass is 9.84. The fraction of sp³-hybridized carbons (Fsp3) is 0.941. The highest BCUT2D eigenvalue weighted by molar-refractivity contribution is 5.79. The second-order valence-electron chi connectivity index (χ2n) is 7.11. The van der Waals surface area contributed by atoms with Crippen LogP contribution in [0.2, 0.25) is 0 Å². The summed E-state index contributed by atoms with van der Waals surface area (Å²) in [5.74, 6) is 1.61. The first-order valence-corrected chi connectivity index (χ1v) is 8.86. The topological polar surface area (TPSA) is 32.3 Å². The van der Waals surface area contributed by atoms with E-state index in [0.717, 1.165) is 38.4 Å². The molecule has 2 heterocycles. The molecule has 2 aliphatic heterocycles. The smallest absolute Gasteiger partial charge is 0.227 e. The lowest BCUT2D eigenvalue weighted by Gasteiger charge is -2.33. The molecule has 0 radical (unpaired) electrons. The first-order valence-electron chi connectivity index (χ1n) is 8.86. The van der Waals surface area contributed by atoms with E-state index in [0.29, 0.717) is 11.9 Å². The van der Waals surface area contributed by atoms with E-state index in [1.807, 2.05) is 0 Å². The normalized spacial score (nSPS) is 32.5. The molecule has 3 rings (SSSR count). The molecule has 1 saturated carbocycles. The van der Waals surface area contributed by atoms with Crippen molar-refractivity contribution in [2.75, 3.05) is 19.6 Å². The highest BCUT2D eigenvalue weighted by Crippen LogP contribution is 2.33. The van der Waals surface area contributed by atoms with Gasteiger partial charge in [-0.15, -0.1) is 0 Å².